The van der Waals surface area contributed by atoms with Gasteiger partial charge in [-0.05, 0) is 31.7 Å². The van der Waals surface area contributed by atoms with Crippen LogP contribution in [0.5, 0.6) is 0 Å². The predicted octanol–water partition coefficient (Wildman–Crippen LogP) is 1.31. The van der Waals surface area contributed by atoms with Gasteiger partial charge in [-0.3, -0.25) is 0 Å². The van der Waals surface area contributed by atoms with Crippen molar-refractivity contribution >= 4 is 10.0 Å². The SMILES string of the molecule is CNCc1ccc(F)c(S(=O)(=O)NC(C)c2ncc[nH]2)c1. The van der Waals surface area contributed by atoms with Gasteiger partial charge in [-0.1, -0.05) is 6.07 Å². The van der Waals surface area contributed by atoms with Gasteiger partial charge in [-0.15, -0.1) is 0 Å². The Hall–Kier alpha value is -1.77. The number of aromatic amines is 1. The highest BCUT2D eigenvalue weighted by Crippen LogP contribution is 2.19. The van der Waals surface area contributed by atoms with E-state index in [1.807, 2.05) is 0 Å². The molecule has 1 aromatic heterocycles. The highest BCUT2D eigenvalue weighted by Gasteiger charge is 2.23. The Morgan fingerprint density at radius 3 is 2.81 bits per heavy atom. The number of hydrogen-bond donors (Lipinski definition) is 3. The van der Waals surface area contributed by atoms with E-state index in [1.54, 1.807) is 26.2 Å². The lowest BCUT2D eigenvalue weighted by Crippen LogP contribution is -2.28. The Balaban J connectivity index is 2.28. The summed E-state index contributed by atoms with van der Waals surface area (Å²) in [6.45, 7) is 2.09. The summed E-state index contributed by atoms with van der Waals surface area (Å²) in [5.41, 5.74) is 0.685. The average Bonchev–Trinajstić information content (AvgIpc) is 2.94. The number of benzene rings is 1. The molecule has 0 fully saturated rings. The van der Waals surface area contributed by atoms with Crippen LogP contribution < -0.4 is 10.0 Å². The van der Waals surface area contributed by atoms with E-state index in [4.69, 9.17) is 0 Å². The first-order valence-corrected chi connectivity index (χ1v) is 7.87. The van der Waals surface area contributed by atoms with Crippen LogP contribution in [-0.4, -0.2) is 25.4 Å². The highest BCUT2D eigenvalue weighted by atomic mass is 32.2. The van der Waals surface area contributed by atoms with Crippen molar-refractivity contribution < 1.29 is 12.8 Å². The minimum Gasteiger partial charge on any atom is -0.347 e. The van der Waals surface area contributed by atoms with Gasteiger partial charge < -0.3 is 10.3 Å². The van der Waals surface area contributed by atoms with E-state index in [9.17, 15) is 12.8 Å². The van der Waals surface area contributed by atoms with Gasteiger partial charge in [0.1, 0.15) is 16.5 Å². The number of H-pyrrole nitrogens is 1. The molecule has 21 heavy (non-hydrogen) atoms. The van der Waals surface area contributed by atoms with Gasteiger partial charge in [-0.2, -0.15) is 0 Å². The Kier molecular flexibility index (Phi) is 4.71. The number of nitrogens with zero attached hydrogens (tertiary/aromatic N) is 1. The zero-order valence-electron chi connectivity index (χ0n) is 11.7. The van der Waals surface area contributed by atoms with Gasteiger partial charge in [0, 0.05) is 18.9 Å². The first-order chi connectivity index (χ1) is 9.94. The molecule has 0 saturated carbocycles. The molecule has 0 amide bonds. The molecule has 2 aromatic rings. The average molecular weight is 312 g/mol. The van der Waals surface area contributed by atoms with E-state index in [0.29, 0.717) is 17.9 Å². The minimum atomic E-state index is -3.97. The number of imidazole rings is 1. The first kappa shape index (κ1) is 15.6. The van der Waals surface area contributed by atoms with Crippen molar-refractivity contribution in [2.24, 2.45) is 0 Å². The van der Waals surface area contributed by atoms with Crippen LogP contribution in [0.1, 0.15) is 24.4 Å². The Labute approximate surface area is 122 Å². The minimum absolute atomic E-state index is 0.367. The van der Waals surface area contributed by atoms with E-state index in [2.05, 4.69) is 20.0 Å². The van der Waals surface area contributed by atoms with Crippen LogP contribution in [0, 0.1) is 5.82 Å². The van der Waals surface area contributed by atoms with Gasteiger partial charge in [0.2, 0.25) is 10.0 Å². The summed E-state index contributed by atoms with van der Waals surface area (Å²) < 4.78 is 40.8. The number of rotatable bonds is 6. The van der Waals surface area contributed by atoms with Gasteiger partial charge >= 0.3 is 0 Å². The van der Waals surface area contributed by atoms with Gasteiger partial charge in [-0.25, -0.2) is 22.5 Å². The summed E-state index contributed by atoms with van der Waals surface area (Å²) in [4.78, 5) is 6.43. The highest BCUT2D eigenvalue weighted by molar-refractivity contribution is 7.89. The maximum absolute atomic E-state index is 13.8. The first-order valence-electron chi connectivity index (χ1n) is 6.38. The molecule has 8 heteroatoms. The quantitative estimate of drug-likeness (QED) is 0.750. The van der Waals surface area contributed by atoms with Crippen molar-refractivity contribution in [3.8, 4) is 0 Å². The molecule has 1 unspecified atom stereocenters. The molecule has 6 nitrogen and oxygen atoms in total. The monoisotopic (exact) mass is 312 g/mol. The zero-order chi connectivity index (χ0) is 15.5. The van der Waals surface area contributed by atoms with E-state index in [-0.39, 0.29) is 4.90 Å². The molecule has 1 heterocycles. The van der Waals surface area contributed by atoms with Crippen LogP contribution in [0.4, 0.5) is 4.39 Å². The summed E-state index contributed by atoms with van der Waals surface area (Å²) in [5.74, 6) is -0.320. The smallest absolute Gasteiger partial charge is 0.244 e. The standard InChI is InChI=1S/C13H17FN4O2S/c1-9(13-16-5-6-17-13)18-21(19,20)12-7-10(8-15-2)3-4-11(12)14/h3-7,9,15,18H,8H2,1-2H3,(H,16,17). The number of halogens is 1. The second kappa shape index (κ2) is 6.33. The van der Waals surface area contributed by atoms with Crippen molar-refractivity contribution in [3.63, 3.8) is 0 Å². The third kappa shape index (κ3) is 3.66. The molecule has 0 bridgehead atoms. The number of sulfonamides is 1. The normalized spacial score (nSPS) is 13.3. The van der Waals surface area contributed by atoms with Gasteiger partial charge in [0.15, 0.2) is 0 Å². The van der Waals surface area contributed by atoms with Crippen LogP contribution in [0.3, 0.4) is 0 Å². The Morgan fingerprint density at radius 1 is 1.43 bits per heavy atom. The van der Waals surface area contributed by atoms with Gasteiger partial charge in [0.05, 0.1) is 6.04 Å². The Bertz CT molecular complexity index is 701. The second-order valence-electron chi connectivity index (χ2n) is 4.61. The van der Waals surface area contributed by atoms with E-state index >= 15 is 0 Å². The molecule has 1 atom stereocenters. The van der Waals surface area contributed by atoms with Crippen molar-refractivity contribution in [3.05, 3.63) is 47.8 Å². The van der Waals surface area contributed by atoms with Crippen LogP contribution in [-0.2, 0) is 16.6 Å². The second-order valence-corrected chi connectivity index (χ2v) is 6.29. The summed E-state index contributed by atoms with van der Waals surface area (Å²) in [6, 6.07) is 3.43. The summed E-state index contributed by atoms with van der Waals surface area (Å²) in [6.07, 6.45) is 3.11. The summed E-state index contributed by atoms with van der Waals surface area (Å²) >= 11 is 0. The molecule has 1 aromatic carbocycles. The molecular weight excluding hydrogens is 295 g/mol. The van der Waals surface area contributed by atoms with Gasteiger partial charge in [0.25, 0.3) is 0 Å². The molecule has 0 aliphatic rings. The predicted molar refractivity (Wildman–Crippen MR) is 76.5 cm³/mol. The summed E-state index contributed by atoms with van der Waals surface area (Å²) in [5, 5.41) is 2.89. The lowest BCUT2D eigenvalue weighted by atomic mass is 10.2. The van der Waals surface area contributed by atoms with Crippen molar-refractivity contribution in [2.75, 3.05) is 7.05 Å². The van der Waals surface area contributed by atoms with Crippen molar-refractivity contribution in [1.82, 2.24) is 20.0 Å². The van der Waals surface area contributed by atoms with E-state index < -0.39 is 21.9 Å². The lowest BCUT2D eigenvalue weighted by Gasteiger charge is -2.13. The van der Waals surface area contributed by atoms with Crippen molar-refractivity contribution in [1.29, 1.82) is 0 Å². The molecule has 0 radical (unpaired) electrons. The molecule has 0 aliphatic carbocycles. The number of hydrogen-bond acceptors (Lipinski definition) is 4. The number of aromatic nitrogens is 2. The Morgan fingerprint density at radius 2 is 2.19 bits per heavy atom. The maximum Gasteiger partial charge on any atom is 0.244 e. The molecule has 0 spiro atoms. The molecule has 0 aliphatic heterocycles. The maximum atomic E-state index is 13.8. The number of nitrogens with one attached hydrogen (secondary N) is 3. The topological polar surface area (TPSA) is 86.9 Å². The van der Waals surface area contributed by atoms with Crippen LogP contribution in [0.2, 0.25) is 0 Å². The van der Waals surface area contributed by atoms with E-state index in [1.165, 1.54) is 12.3 Å². The fourth-order valence-corrected chi connectivity index (χ4v) is 3.27. The largest absolute Gasteiger partial charge is 0.347 e. The molecule has 0 saturated heterocycles. The fourth-order valence-electron chi connectivity index (χ4n) is 1.93. The molecule has 3 N–H and O–H groups in total. The van der Waals surface area contributed by atoms with E-state index in [0.717, 1.165) is 6.07 Å². The molecular formula is C13H17FN4O2S. The third-order valence-electron chi connectivity index (χ3n) is 2.93. The van der Waals surface area contributed by atoms with Crippen LogP contribution >= 0.6 is 0 Å². The fraction of sp³-hybridized carbons (Fsp3) is 0.308. The zero-order valence-corrected chi connectivity index (χ0v) is 12.5. The van der Waals surface area contributed by atoms with Crippen LogP contribution in [0.15, 0.2) is 35.5 Å². The summed E-state index contributed by atoms with van der Waals surface area (Å²) in [7, 11) is -2.24. The molecule has 2 rings (SSSR count). The van der Waals surface area contributed by atoms with Crippen molar-refractivity contribution in [2.45, 2.75) is 24.4 Å². The third-order valence-corrected chi connectivity index (χ3v) is 4.48. The van der Waals surface area contributed by atoms with Crippen LogP contribution in [0.25, 0.3) is 0 Å². The lowest BCUT2D eigenvalue weighted by molar-refractivity contribution is 0.542. The molecule has 114 valence electrons.